The molecule has 0 aliphatic rings. The van der Waals surface area contributed by atoms with Crippen molar-refractivity contribution in [1.82, 2.24) is 14.5 Å². The summed E-state index contributed by atoms with van der Waals surface area (Å²) in [5.74, 6) is 0.899. The fourth-order valence-electron chi connectivity index (χ4n) is 4.40. The van der Waals surface area contributed by atoms with Gasteiger partial charge in [0.1, 0.15) is 5.82 Å². The minimum Gasteiger partial charge on any atom is -0.292 e. The van der Waals surface area contributed by atoms with Crippen LogP contribution in [0.5, 0.6) is 0 Å². The summed E-state index contributed by atoms with van der Waals surface area (Å²) in [4.78, 5) is 9.54. The molecule has 0 unspecified atom stereocenters. The number of fused-ring (bicyclic) bond motifs is 1. The first-order chi connectivity index (χ1) is 16.8. The van der Waals surface area contributed by atoms with Crippen molar-refractivity contribution in [3.8, 4) is 39.3 Å². The first-order valence-corrected chi connectivity index (χ1v) is 11.9. The molecule has 6 aromatic rings. The monoisotopic (exact) mass is 501 g/mol. The predicted octanol–water partition coefficient (Wildman–Crippen LogP) is 8.18. The highest BCUT2D eigenvalue weighted by atomic mass is 79.9. The number of rotatable bonds is 4. The van der Waals surface area contributed by atoms with Gasteiger partial charge in [0, 0.05) is 39.2 Å². The fourth-order valence-corrected chi connectivity index (χ4v) is 4.89. The first kappa shape index (κ1) is 20.6. The van der Waals surface area contributed by atoms with Crippen LogP contribution in [0.1, 0.15) is 0 Å². The van der Waals surface area contributed by atoms with E-state index in [-0.39, 0.29) is 0 Å². The van der Waals surface area contributed by atoms with E-state index in [9.17, 15) is 0 Å². The number of para-hydroxylation sites is 2. The lowest BCUT2D eigenvalue weighted by Crippen LogP contribution is -1.97. The van der Waals surface area contributed by atoms with Gasteiger partial charge < -0.3 is 0 Å². The number of hydrogen-bond donors (Lipinski definition) is 0. The van der Waals surface area contributed by atoms with Crippen molar-refractivity contribution < 1.29 is 0 Å². The van der Waals surface area contributed by atoms with Crippen molar-refractivity contribution in [3.05, 3.63) is 126 Å². The molecule has 2 aromatic heterocycles. The lowest BCUT2D eigenvalue weighted by Gasteiger charge is -2.11. The SMILES string of the molecule is Brc1cc(-c2cccnc2)cc(-c2nc3c(-c4ccccc4)cccc3n2-c2ccccc2)c1. The van der Waals surface area contributed by atoms with Crippen molar-refractivity contribution in [3.63, 3.8) is 0 Å². The van der Waals surface area contributed by atoms with Gasteiger partial charge in [-0.05, 0) is 53.6 Å². The normalized spacial score (nSPS) is 11.1. The van der Waals surface area contributed by atoms with Crippen LogP contribution in [0.4, 0.5) is 0 Å². The highest BCUT2D eigenvalue weighted by molar-refractivity contribution is 9.10. The molecular formula is C30H20BrN3. The van der Waals surface area contributed by atoms with Crippen LogP contribution >= 0.6 is 15.9 Å². The maximum atomic E-state index is 5.24. The van der Waals surface area contributed by atoms with Crippen molar-refractivity contribution in [1.29, 1.82) is 0 Å². The zero-order valence-electron chi connectivity index (χ0n) is 18.3. The summed E-state index contributed by atoms with van der Waals surface area (Å²) in [5.41, 5.74) is 8.60. The lowest BCUT2D eigenvalue weighted by molar-refractivity contribution is 1.10. The molecule has 0 N–H and O–H groups in total. The Balaban J connectivity index is 1.65. The zero-order valence-corrected chi connectivity index (χ0v) is 19.9. The van der Waals surface area contributed by atoms with E-state index < -0.39 is 0 Å². The van der Waals surface area contributed by atoms with E-state index in [1.165, 1.54) is 0 Å². The van der Waals surface area contributed by atoms with Crippen LogP contribution in [-0.2, 0) is 0 Å². The highest BCUT2D eigenvalue weighted by Gasteiger charge is 2.18. The molecule has 0 saturated carbocycles. The number of pyridine rings is 1. The van der Waals surface area contributed by atoms with Crippen LogP contribution in [0, 0.1) is 0 Å². The summed E-state index contributed by atoms with van der Waals surface area (Å²) in [6.45, 7) is 0. The van der Waals surface area contributed by atoms with Gasteiger partial charge in [-0.3, -0.25) is 9.55 Å². The van der Waals surface area contributed by atoms with Crippen LogP contribution in [0.15, 0.2) is 126 Å². The second-order valence-corrected chi connectivity index (χ2v) is 9.03. The van der Waals surface area contributed by atoms with E-state index in [0.29, 0.717) is 0 Å². The average Bonchev–Trinajstić information content (AvgIpc) is 3.30. The molecule has 0 spiro atoms. The van der Waals surface area contributed by atoms with Crippen LogP contribution in [-0.4, -0.2) is 14.5 Å². The van der Waals surface area contributed by atoms with Crippen LogP contribution in [0.3, 0.4) is 0 Å². The quantitative estimate of drug-likeness (QED) is 0.243. The summed E-state index contributed by atoms with van der Waals surface area (Å²) < 4.78 is 3.25. The number of imidazole rings is 1. The molecule has 0 fully saturated rings. The molecule has 4 heteroatoms. The molecule has 4 aromatic carbocycles. The Hall–Kier alpha value is -4.02. The van der Waals surface area contributed by atoms with Gasteiger partial charge in [-0.1, -0.05) is 82.7 Å². The predicted molar refractivity (Wildman–Crippen MR) is 143 cm³/mol. The van der Waals surface area contributed by atoms with Crippen molar-refractivity contribution >= 4 is 27.0 Å². The van der Waals surface area contributed by atoms with E-state index in [0.717, 1.165) is 54.8 Å². The van der Waals surface area contributed by atoms with Gasteiger partial charge in [0.2, 0.25) is 0 Å². The summed E-state index contributed by atoms with van der Waals surface area (Å²) in [6.07, 6.45) is 3.68. The zero-order chi connectivity index (χ0) is 22.9. The number of halogens is 1. The van der Waals surface area contributed by atoms with E-state index in [4.69, 9.17) is 4.98 Å². The third-order valence-corrected chi connectivity index (χ3v) is 6.39. The van der Waals surface area contributed by atoms with Gasteiger partial charge in [0.15, 0.2) is 0 Å². The highest BCUT2D eigenvalue weighted by Crippen LogP contribution is 2.36. The lowest BCUT2D eigenvalue weighted by atomic mass is 10.0. The summed E-state index contributed by atoms with van der Waals surface area (Å²) in [6, 6.07) is 37.7. The molecule has 6 rings (SSSR count). The Morgan fingerprint density at radius 2 is 1.35 bits per heavy atom. The number of hydrogen-bond acceptors (Lipinski definition) is 2. The molecule has 3 nitrogen and oxygen atoms in total. The second-order valence-electron chi connectivity index (χ2n) is 8.12. The summed E-state index contributed by atoms with van der Waals surface area (Å²) >= 11 is 3.73. The minimum absolute atomic E-state index is 0.899. The van der Waals surface area contributed by atoms with Gasteiger partial charge in [0.25, 0.3) is 0 Å². The smallest absolute Gasteiger partial charge is 0.145 e. The van der Waals surface area contributed by atoms with Crippen LogP contribution < -0.4 is 0 Å². The van der Waals surface area contributed by atoms with E-state index in [1.807, 2.05) is 24.4 Å². The third-order valence-electron chi connectivity index (χ3n) is 5.94. The maximum absolute atomic E-state index is 5.24. The summed E-state index contributed by atoms with van der Waals surface area (Å²) in [5, 5.41) is 0. The molecule has 162 valence electrons. The maximum Gasteiger partial charge on any atom is 0.145 e. The van der Waals surface area contributed by atoms with E-state index >= 15 is 0 Å². The Morgan fingerprint density at radius 1 is 0.618 bits per heavy atom. The number of nitrogens with zero attached hydrogens (tertiary/aromatic N) is 3. The molecule has 0 radical (unpaired) electrons. The van der Waals surface area contributed by atoms with Gasteiger partial charge in [-0.15, -0.1) is 0 Å². The van der Waals surface area contributed by atoms with Crippen LogP contribution in [0.2, 0.25) is 0 Å². The van der Waals surface area contributed by atoms with E-state index in [1.54, 1.807) is 6.20 Å². The fraction of sp³-hybridized carbons (Fsp3) is 0. The topological polar surface area (TPSA) is 30.7 Å². The van der Waals surface area contributed by atoms with Gasteiger partial charge >= 0.3 is 0 Å². The van der Waals surface area contributed by atoms with E-state index in [2.05, 4.69) is 116 Å². The Labute approximate surface area is 206 Å². The number of benzene rings is 4. The molecule has 0 amide bonds. The Kier molecular flexibility index (Phi) is 5.28. The number of aromatic nitrogens is 3. The first-order valence-electron chi connectivity index (χ1n) is 11.1. The molecule has 0 aliphatic heterocycles. The Bertz CT molecular complexity index is 1590. The second kappa shape index (κ2) is 8.73. The van der Waals surface area contributed by atoms with Crippen LogP contribution in [0.25, 0.3) is 50.4 Å². The van der Waals surface area contributed by atoms with Crippen molar-refractivity contribution in [2.24, 2.45) is 0 Å². The molecule has 2 heterocycles. The molecule has 0 bridgehead atoms. The molecule has 0 saturated heterocycles. The largest absolute Gasteiger partial charge is 0.292 e. The molecule has 0 aliphatic carbocycles. The molecule has 34 heavy (non-hydrogen) atoms. The molecular weight excluding hydrogens is 482 g/mol. The molecule has 0 atom stereocenters. The van der Waals surface area contributed by atoms with Gasteiger partial charge in [-0.25, -0.2) is 4.98 Å². The van der Waals surface area contributed by atoms with Crippen molar-refractivity contribution in [2.75, 3.05) is 0 Å². The average molecular weight is 502 g/mol. The third kappa shape index (κ3) is 3.72. The Morgan fingerprint density at radius 3 is 2.12 bits per heavy atom. The van der Waals surface area contributed by atoms with Gasteiger partial charge in [0.05, 0.1) is 11.0 Å². The standard InChI is InChI=1S/C30H20BrN3/c31-25-18-23(22-11-8-16-32-20-22)17-24(19-25)30-33-29-27(21-9-3-1-4-10-21)14-7-15-28(29)34(30)26-12-5-2-6-13-26/h1-20H. The summed E-state index contributed by atoms with van der Waals surface area (Å²) in [7, 11) is 0. The van der Waals surface area contributed by atoms with Crippen molar-refractivity contribution in [2.45, 2.75) is 0 Å². The minimum atomic E-state index is 0.899. The van der Waals surface area contributed by atoms with Gasteiger partial charge in [-0.2, -0.15) is 0 Å².